The Kier molecular flexibility index (Phi) is 3.96. The van der Waals surface area contributed by atoms with Crippen molar-refractivity contribution in [2.75, 3.05) is 12.8 Å². The number of carbonyl (C=O) groups is 1. The molecule has 0 aliphatic carbocycles. The Morgan fingerprint density at radius 3 is 3.08 bits per heavy atom. The fourth-order valence-corrected chi connectivity index (χ4v) is 3.92. The summed E-state index contributed by atoms with van der Waals surface area (Å²) in [5.41, 5.74) is 9.92. The van der Waals surface area contributed by atoms with Crippen molar-refractivity contribution in [3.8, 4) is 10.9 Å². The molecule has 3 aromatic heterocycles. The summed E-state index contributed by atoms with van der Waals surface area (Å²) in [6, 6.07) is -0.324. The molecule has 26 heavy (non-hydrogen) atoms. The van der Waals surface area contributed by atoms with Crippen molar-refractivity contribution in [3.63, 3.8) is 0 Å². The van der Waals surface area contributed by atoms with Crippen molar-refractivity contribution < 1.29 is 14.1 Å². The molecular formula is C16H16N7O2S+. The highest BCUT2D eigenvalue weighted by atomic mass is 32.1. The predicted molar refractivity (Wildman–Crippen MR) is 93.1 cm³/mol. The SMILES string of the molecule is COc1cncc[n+]1-c1scnc1C1Cc2nc(N)nc(C)c2C(=O)N1. The van der Waals surface area contributed by atoms with Gasteiger partial charge in [-0.15, -0.1) is 4.57 Å². The predicted octanol–water partition coefficient (Wildman–Crippen LogP) is 0.531. The minimum absolute atomic E-state index is 0.165. The molecule has 1 atom stereocenters. The largest absolute Gasteiger partial charge is 0.446 e. The molecule has 0 fully saturated rings. The van der Waals surface area contributed by atoms with Gasteiger partial charge in [-0.25, -0.2) is 19.9 Å². The summed E-state index contributed by atoms with van der Waals surface area (Å²) in [7, 11) is 1.58. The number of hydrogen-bond acceptors (Lipinski definition) is 8. The van der Waals surface area contributed by atoms with Crippen LogP contribution < -0.4 is 20.4 Å². The molecule has 3 aromatic rings. The molecule has 1 amide bonds. The molecule has 0 aromatic carbocycles. The minimum Gasteiger partial charge on any atom is -0.446 e. The van der Waals surface area contributed by atoms with Crippen molar-refractivity contribution >= 4 is 23.2 Å². The molecule has 4 rings (SSSR count). The van der Waals surface area contributed by atoms with Gasteiger partial charge < -0.3 is 15.8 Å². The molecule has 10 heteroatoms. The summed E-state index contributed by atoms with van der Waals surface area (Å²) in [5, 5.41) is 3.84. The summed E-state index contributed by atoms with van der Waals surface area (Å²) in [6.45, 7) is 1.75. The quantitative estimate of drug-likeness (QED) is 0.645. The molecule has 1 unspecified atom stereocenters. The van der Waals surface area contributed by atoms with E-state index in [1.165, 1.54) is 11.3 Å². The minimum atomic E-state index is -0.324. The smallest absolute Gasteiger partial charge is 0.393 e. The monoisotopic (exact) mass is 370 g/mol. The molecule has 4 heterocycles. The maximum atomic E-state index is 12.6. The van der Waals surface area contributed by atoms with Gasteiger partial charge in [-0.1, -0.05) is 11.3 Å². The first-order valence-corrected chi connectivity index (χ1v) is 8.73. The highest BCUT2D eigenvalue weighted by Gasteiger charge is 2.34. The summed E-state index contributed by atoms with van der Waals surface area (Å²) >= 11 is 1.45. The number of thiazole rings is 1. The number of aryl methyl sites for hydroxylation is 1. The lowest BCUT2D eigenvalue weighted by Crippen LogP contribution is -2.40. The molecule has 0 spiro atoms. The van der Waals surface area contributed by atoms with E-state index in [9.17, 15) is 4.79 Å². The fourth-order valence-electron chi connectivity index (χ4n) is 3.07. The van der Waals surface area contributed by atoms with E-state index < -0.39 is 0 Å². The topological polar surface area (TPSA) is 120 Å². The molecule has 3 N–H and O–H groups in total. The number of hydrogen-bond donors (Lipinski definition) is 2. The molecule has 0 radical (unpaired) electrons. The molecule has 132 valence electrons. The number of nitrogen functional groups attached to an aromatic ring is 1. The van der Waals surface area contributed by atoms with Crippen molar-refractivity contribution in [1.82, 2.24) is 25.3 Å². The number of rotatable bonds is 3. The molecular weight excluding hydrogens is 354 g/mol. The van der Waals surface area contributed by atoms with Gasteiger partial charge >= 0.3 is 5.88 Å². The normalized spacial score (nSPS) is 16.1. The van der Waals surface area contributed by atoms with Crippen molar-refractivity contribution in [3.05, 3.63) is 46.7 Å². The second-order valence-corrected chi connectivity index (χ2v) is 6.58. The highest BCUT2D eigenvalue weighted by Crippen LogP contribution is 2.29. The Bertz CT molecular complexity index is 1000. The summed E-state index contributed by atoms with van der Waals surface area (Å²) in [6.07, 6.45) is 5.56. The van der Waals surface area contributed by atoms with Crippen LogP contribution >= 0.6 is 11.3 Å². The highest BCUT2D eigenvalue weighted by molar-refractivity contribution is 7.11. The second-order valence-electron chi connectivity index (χ2n) is 5.75. The van der Waals surface area contributed by atoms with Crippen LogP contribution in [0.2, 0.25) is 0 Å². The molecule has 0 saturated carbocycles. The first-order valence-electron chi connectivity index (χ1n) is 7.85. The van der Waals surface area contributed by atoms with Gasteiger partial charge in [0.15, 0.2) is 6.20 Å². The Labute approximate surface area is 152 Å². The maximum absolute atomic E-state index is 12.6. The average molecular weight is 370 g/mol. The third-order valence-electron chi connectivity index (χ3n) is 4.17. The number of nitrogens with one attached hydrogen (secondary N) is 1. The number of amides is 1. The van der Waals surface area contributed by atoms with Crippen LogP contribution in [-0.2, 0) is 6.42 Å². The van der Waals surface area contributed by atoms with E-state index >= 15 is 0 Å². The first kappa shape index (κ1) is 16.3. The summed E-state index contributed by atoms with van der Waals surface area (Å²) < 4.78 is 7.22. The van der Waals surface area contributed by atoms with Crippen LogP contribution in [0.3, 0.4) is 0 Å². The Balaban J connectivity index is 1.77. The molecule has 1 aliphatic heterocycles. The average Bonchev–Trinajstić information content (AvgIpc) is 3.10. The standard InChI is InChI=1S/C16H15N7O2S/c1-8-12-9(22-16(17)20-8)5-10(21-14(12)24)13-15(26-7-19-13)23-4-3-18-6-11(23)25-2/h3-4,6-7,10H,5H2,1-2H3,(H2-,17,20,21,22,24)/p+1. The zero-order chi connectivity index (χ0) is 18.3. The molecule has 0 bridgehead atoms. The number of aromatic nitrogens is 5. The Morgan fingerprint density at radius 2 is 2.27 bits per heavy atom. The van der Waals surface area contributed by atoms with Crippen molar-refractivity contribution in [2.45, 2.75) is 19.4 Å². The number of nitrogens with two attached hydrogens (primary N) is 1. The van der Waals surface area contributed by atoms with Gasteiger partial charge in [0.1, 0.15) is 11.9 Å². The maximum Gasteiger partial charge on any atom is 0.393 e. The zero-order valence-corrected chi connectivity index (χ0v) is 14.9. The van der Waals surface area contributed by atoms with Crippen molar-refractivity contribution in [1.29, 1.82) is 0 Å². The molecule has 0 saturated heterocycles. The molecule has 1 aliphatic rings. The van der Waals surface area contributed by atoms with E-state index in [0.29, 0.717) is 29.3 Å². The van der Waals surface area contributed by atoms with E-state index in [0.717, 1.165) is 10.7 Å². The lowest BCUT2D eigenvalue weighted by atomic mass is 9.97. The van der Waals surface area contributed by atoms with E-state index in [1.54, 1.807) is 38.1 Å². The third-order valence-corrected chi connectivity index (χ3v) is 5.01. The zero-order valence-electron chi connectivity index (χ0n) is 14.1. The summed E-state index contributed by atoms with van der Waals surface area (Å²) in [5.74, 6) is 0.515. The Hall–Kier alpha value is -3.14. The molecule has 9 nitrogen and oxygen atoms in total. The van der Waals surface area contributed by atoms with Gasteiger partial charge in [0.05, 0.1) is 41.8 Å². The lowest BCUT2D eigenvalue weighted by Gasteiger charge is -2.24. The number of anilines is 1. The van der Waals surface area contributed by atoms with Gasteiger partial charge in [0.2, 0.25) is 5.95 Å². The van der Waals surface area contributed by atoms with E-state index in [2.05, 4.69) is 25.3 Å². The third kappa shape index (κ3) is 2.64. The van der Waals surface area contributed by atoms with Crippen LogP contribution in [0.5, 0.6) is 5.88 Å². The van der Waals surface area contributed by atoms with Crippen LogP contribution in [0.25, 0.3) is 5.00 Å². The number of ether oxygens (including phenoxy) is 1. The van der Waals surface area contributed by atoms with Crippen LogP contribution in [0.1, 0.15) is 33.5 Å². The van der Waals surface area contributed by atoms with Gasteiger partial charge in [0, 0.05) is 6.42 Å². The number of carbonyl (C=O) groups excluding carboxylic acids is 1. The summed E-state index contributed by atoms with van der Waals surface area (Å²) in [4.78, 5) is 29.5. The number of nitrogens with zero attached hydrogens (tertiary/aromatic N) is 5. The van der Waals surface area contributed by atoms with Gasteiger partial charge in [0.25, 0.3) is 10.9 Å². The van der Waals surface area contributed by atoms with Crippen molar-refractivity contribution in [2.24, 2.45) is 0 Å². The first-order chi connectivity index (χ1) is 12.6. The van der Waals surface area contributed by atoms with Gasteiger partial charge in [-0.05, 0) is 6.92 Å². The van der Waals surface area contributed by atoms with Crippen LogP contribution in [-0.4, -0.2) is 33.0 Å². The van der Waals surface area contributed by atoms with E-state index in [1.807, 2.05) is 4.57 Å². The van der Waals surface area contributed by atoms with E-state index in [4.69, 9.17) is 10.5 Å². The van der Waals surface area contributed by atoms with Gasteiger partial charge in [-0.3, -0.25) is 4.79 Å². The number of methoxy groups -OCH3 is 1. The van der Waals surface area contributed by atoms with Crippen LogP contribution in [0, 0.1) is 6.92 Å². The van der Waals surface area contributed by atoms with Crippen LogP contribution in [0.15, 0.2) is 24.1 Å². The van der Waals surface area contributed by atoms with Gasteiger partial charge in [-0.2, -0.15) is 0 Å². The number of fused-ring (bicyclic) bond motifs is 1. The fraction of sp³-hybridized carbons (Fsp3) is 0.250. The lowest BCUT2D eigenvalue weighted by molar-refractivity contribution is -0.600. The Morgan fingerprint density at radius 1 is 1.42 bits per heavy atom. The van der Waals surface area contributed by atoms with Crippen LogP contribution in [0.4, 0.5) is 5.95 Å². The second kappa shape index (κ2) is 6.30. The van der Waals surface area contributed by atoms with E-state index in [-0.39, 0.29) is 17.9 Å².